The quantitative estimate of drug-likeness (QED) is 0.839. The summed E-state index contributed by atoms with van der Waals surface area (Å²) >= 11 is 1.85. The summed E-state index contributed by atoms with van der Waals surface area (Å²) in [5.74, 6) is 0.387. The van der Waals surface area contributed by atoms with Gasteiger partial charge in [0.25, 0.3) is 0 Å². The van der Waals surface area contributed by atoms with E-state index in [2.05, 4.69) is 31.3 Å². The maximum Gasteiger partial charge on any atom is 0.123 e. The zero-order chi connectivity index (χ0) is 14.0. The minimum atomic E-state index is 0.256. The smallest absolute Gasteiger partial charge is 0.123 e. The second-order valence-electron chi connectivity index (χ2n) is 4.93. The van der Waals surface area contributed by atoms with Crippen molar-refractivity contribution in [1.29, 1.82) is 0 Å². The van der Waals surface area contributed by atoms with Crippen molar-refractivity contribution in [2.45, 2.75) is 40.2 Å². The monoisotopic (exact) mass is 275 g/mol. The second kappa shape index (κ2) is 5.66. The van der Waals surface area contributed by atoms with Gasteiger partial charge in [-0.15, -0.1) is 11.3 Å². The van der Waals surface area contributed by atoms with Crippen LogP contribution in [0.15, 0.2) is 24.3 Å². The molecule has 19 heavy (non-hydrogen) atoms. The van der Waals surface area contributed by atoms with Crippen LogP contribution in [0.3, 0.4) is 0 Å². The molecule has 0 aliphatic rings. The normalized spacial score (nSPS) is 12.4. The van der Waals surface area contributed by atoms with Crippen molar-refractivity contribution in [2.75, 3.05) is 5.32 Å². The molecule has 0 radical (unpaired) electrons. The van der Waals surface area contributed by atoms with Gasteiger partial charge in [0.2, 0.25) is 0 Å². The number of nitrogens with one attached hydrogen (secondary N) is 1. The van der Waals surface area contributed by atoms with Crippen molar-refractivity contribution in [2.24, 2.45) is 0 Å². The van der Waals surface area contributed by atoms with Gasteiger partial charge in [0, 0.05) is 21.0 Å². The molecule has 1 heterocycles. The highest BCUT2D eigenvalue weighted by Gasteiger charge is 2.11. The molecule has 2 nitrogen and oxygen atoms in total. The lowest BCUT2D eigenvalue weighted by molar-refractivity contribution is 0.467. The van der Waals surface area contributed by atoms with Crippen LogP contribution in [-0.4, -0.2) is 5.11 Å². The van der Waals surface area contributed by atoms with E-state index in [-0.39, 0.29) is 6.04 Å². The first kappa shape index (κ1) is 13.9. The Balaban J connectivity index is 2.19. The standard InChI is InChI=1S/C16H21NOS/c1-5-13-7-9-15(19-13)12(4)17-14-8-6-10(2)16(18)11(14)3/h6-9,12,17-18H,5H2,1-4H3. The van der Waals surface area contributed by atoms with E-state index in [1.165, 1.54) is 9.75 Å². The van der Waals surface area contributed by atoms with E-state index in [1.54, 1.807) is 0 Å². The molecule has 0 bridgehead atoms. The van der Waals surface area contributed by atoms with E-state index in [9.17, 15) is 5.11 Å². The SMILES string of the molecule is CCc1ccc(C(C)Nc2ccc(C)c(O)c2C)s1. The Morgan fingerprint density at radius 2 is 1.95 bits per heavy atom. The van der Waals surface area contributed by atoms with E-state index in [4.69, 9.17) is 0 Å². The fourth-order valence-electron chi connectivity index (χ4n) is 2.11. The predicted molar refractivity (Wildman–Crippen MR) is 83.3 cm³/mol. The number of hydrogen-bond acceptors (Lipinski definition) is 3. The van der Waals surface area contributed by atoms with E-state index < -0.39 is 0 Å². The molecule has 2 aromatic rings. The summed E-state index contributed by atoms with van der Waals surface area (Å²) in [5, 5.41) is 13.5. The summed E-state index contributed by atoms with van der Waals surface area (Å²) in [7, 11) is 0. The molecule has 1 unspecified atom stereocenters. The molecule has 0 saturated heterocycles. The molecule has 2 N–H and O–H groups in total. The van der Waals surface area contributed by atoms with Gasteiger partial charge in [-0.3, -0.25) is 0 Å². The molecule has 102 valence electrons. The third kappa shape index (κ3) is 2.92. The Bertz CT molecular complexity index is 574. The van der Waals surface area contributed by atoms with Crippen molar-refractivity contribution in [3.8, 4) is 5.75 Å². The van der Waals surface area contributed by atoms with Crippen LogP contribution in [0.25, 0.3) is 0 Å². The fourth-order valence-corrected chi connectivity index (χ4v) is 3.07. The second-order valence-corrected chi connectivity index (χ2v) is 6.13. The first-order valence-electron chi connectivity index (χ1n) is 6.67. The van der Waals surface area contributed by atoms with E-state index in [1.807, 2.05) is 37.3 Å². The van der Waals surface area contributed by atoms with Gasteiger partial charge in [-0.25, -0.2) is 0 Å². The van der Waals surface area contributed by atoms with Crippen molar-refractivity contribution in [1.82, 2.24) is 0 Å². The van der Waals surface area contributed by atoms with Gasteiger partial charge in [-0.2, -0.15) is 0 Å². The number of phenols is 1. The first-order valence-corrected chi connectivity index (χ1v) is 7.49. The summed E-state index contributed by atoms with van der Waals surface area (Å²) in [5.41, 5.74) is 2.83. The molecule has 1 aromatic heterocycles. The lowest BCUT2D eigenvalue weighted by atomic mass is 10.1. The predicted octanol–water partition coefficient (Wildman–Crippen LogP) is 4.81. The van der Waals surface area contributed by atoms with Crippen LogP contribution < -0.4 is 5.32 Å². The van der Waals surface area contributed by atoms with Crippen molar-refractivity contribution in [3.05, 3.63) is 45.1 Å². The molecule has 1 aromatic carbocycles. The molecule has 0 aliphatic heterocycles. The summed E-state index contributed by atoms with van der Waals surface area (Å²) in [4.78, 5) is 2.74. The number of aryl methyl sites for hydroxylation is 2. The summed E-state index contributed by atoms with van der Waals surface area (Å²) < 4.78 is 0. The Hall–Kier alpha value is -1.48. The van der Waals surface area contributed by atoms with Gasteiger partial charge < -0.3 is 10.4 Å². The molecule has 1 atom stereocenters. The minimum Gasteiger partial charge on any atom is -0.507 e. The Morgan fingerprint density at radius 1 is 1.21 bits per heavy atom. The Labute approximate surface area is 119 Å². The molecule has 0 fully saturated rings. The summed E-state index contributed by atoms with van der Waals surface area (Å²) in [6, 6.07) is 8.62. The topological polar surface area (TPSA) is 32.3 Å². The molecule has 0 spiro atoms. The molecule has 2 rings (SSSR count). The van der Waals surface area contributed by atoms with Crippen LogP contribution in [0, 0.1) is 13.8 Å². The van der Waals surface area contributed by atoms with Gasteiger partial charge in [0.05, 0.1) is 6.04 Å². The van der Waals surface area contributed by atoms with E-state index >= 15 is 0 Å². The number of aromatic hydroxyl groups is 1. The van der Waals surface area contributed by atoms with Crippen molar-refractivity contribution in [3.63, 3.8) is 0 Å². The number of thiophene rings is 1. The lowest BCUT2D eigenvalue weighted by Crippen LogP contribution is -2.06. The van der Waals surface area contributed by atoms with Crippen LogP contribution in [-0.2, 0) is 6.42 Å². The zero-order valence-electron chi connectivity index (χ0n) is 11.9. The van der Waals surface area contributed by atoms with Gasteiger partial charge in [0.1, 0.15) is 5.75 Å². The minimum absolute atomic E-state index is 0.256. The third-order valence-corrected chi connectivity index (χ3v) is 4.87. The number of benzene rings is 1. The van der Waals surface area contributed by atoms with Crippen LogP contribution in [0.5, 0.6) is 5.75 Å². The average molecular weight is 275 g/mol. The molecule has 0 aliphatic carbocycles. The van der Waals surface area contributed by atoms with Crippen LogP contribution >= 0.6 is 11.3 Å². The number of anilines is 1. The Kier molecular flexibility index (Phi) is 4.15. The maximum atomic E-state index is 9.98. The Morgan fingerprint density at radius 3 is 2.58 bits per heavy atom. The molecule has 0 saturated carbocycles. The van der Waals surface area contributed by atoms with Crippen LogP contribution in [0.1, 0.15) is 40.8 Å². The molecule has 3 heteroatoms. The molecular formula is C16H21NOS. The van der Waals surface area contributed by atoms with E-state index in [0.29, 0.717) is 5.75 Å². The zero-order valence-corrected chi connectivity index (χ0v) is 12.8. The largest absolute Gasteiger partial charge is 0.507 e. The van der Waals surface area contributed by atoms with Gasteiger partial charge in [-0.1, -0.05) is 13.0 Å². The van der Waals surface area contributed by atoms with E-state index in [0.717, 1.165) is 23.2 Å². The average Bonchev–Trinajstić information content (AvgIpc) is 2.88. The highest BCUT2D eigenvalue weighted by Crippen LogP contribution is 2.32. The highest BCUT2D eigenvalue weighted by molar-refractivity contribution is 7.12. The van der Waals surface area contributed by atoms with Gasteiger partial charge in [-0.05, 0) is 51.0 Å². The van der Waals surface area contributed by atoms with Crippen LogP contribution in [0.4, 0.5) is 5.69 Å². The fraction of sp³-hybridized carbons (Fsp3) is 0.375. The number of rotatable bonds is 4. The number of phenolic OH excluding ortho intramolecular Hbond substituents is 1. The summed E-state index contributed by atoms with van der Waals surface area (Å²) in [6.45, 7) is 8.20. The van der Waals surface area contributed by atoms with Gasteiger partial charge in [0.15, 0.2) is 0 Å². The van der Waals surface area contributed by atoms with Crippen molar-refractivity contribution < 1.29 is 5.11 Å². The lowest BCUT2D eigenvalue weighted by Gasteiger charge is -2.17. The number of hydrogen-bond donors (Lipinski definition) is 2. The summed E-state index contributed by atoms with van der Waals surface area (Å²) in [6.07, 6.45) is 1.09. The first-order chi connectivity index (χ1) is 9.02. The maximum absolute atomic E-state index is 9.98. The van der Waals surface area contributed by atoms with Crippen LogP contribution in [0.2, 0.25) is 0 Å². The van der Waals surface area contributed by atoms with Crippen molar-refractivity contribution >= 4 is 17.0 Å². The molecular weight excluding hydrogens is 254 g/mol. The molecule has 0 amide bonds. The van der Waals surface area contributed by atoms with Gasteiger partial charge >= 0.3 is 0 Å². The third-order valence-electron chi connectivity index (χ3n) is 3.46. The highest BCUT2D eigenvalue weighted by atomic mass is 32.1.